The fourth-order valence-corrected chi connectivity index (χ4v) is 4.25. The number of halogens is 2. The lowest BCUT2D eigenvalue weighted by atomic mass is 9.89. The van der Waals surface area contributed by atoms with E-state index in [1.165, 1.54) is 57.1 Å². The molecule has 1 aromatic carbocycles. The van der Waals surface area contributed by atoms with Crippen molar-refractivity contribution in [3.8, 4) is 0 Å². The zero-order chi connectivity index (χ0) is 24.9. The molecule has 0 fully saturated rings. The monoisotopic (exact) mass is 543 g/mol. The largest absolute Gasteiger partial charge is 0.462 e. The first-order chi connectivity index (χ1) is 15.6. The summed E-state index contributed by atoms with van der Waals surface area (Å²) >= 11 is 9.33. The van der Waals surface area contributed by atoms with Crippen LogP contribution in [0.2, 0.25) is 5.02 Å². The van der Waals surface area contributed by atoms with Crippen LogP contribution in [0.25, 0.3) is 0 Å². The van der Waals surface area contributed by atoms with Crippen molar-refractivity contribution in [3.05, 3.63) is 28.8 Å². The Bertz CT molecular complexity index is 776. The summed E-state index contributed by atoms with van der Waals surface area (Å²) in [4.78, 5) is 36.2. The fraction of sp³-hybridized carbons (Fsp3) is 0.654. The van der Waals surface area contributed by atoms with Gasteiger partial charge in [-0.25, -0.2) is 4.79 Å². The Hall–Kier alpha value is -1.40. The van der Waals surface area contributed by atoms with Gasteiger partial charge < -0.3 is 10.1 Å². The molecule has 0 bridgehead atoms. The van der Waals surface area contributed by atoms with Crippen LogP contribution in [0.4, 0.5) is 5.69 Å². The van der Waals surface area contributed by atoms with Crippen LogP contribution < -0.4 is 5.32 Å². The van der Waals surface area contributed by atoms with Crippen LogP contribution >= 0.6 is 27.5 Å². The average Bonchev–Trinajstić information content (AvgIpc) is 2.77. The number of hydrogen-bond donors (Lipinski definition) is 1. The summed E-state index contributed by atoms with van der Waals surface area (Å²) in [5, 5.41) is 2.90. The van der Waals surface area contributed by atoms with E-state index in [1.807, 2.05) is 0 Å². The molecule has 186 valence electrons. The maximum atomic E-state index is 12.5. The van der Waals surface area contributed by atoms with Gasteiger partial charge in [-0.3, -0.25) is 9.59 Å². The number of amides is 1. The molecule has 0 saturated carbocycles. The molecule has 33 heavy (non-hydrogen) atoms. The number of carbonyl (C=O) groups is 3. The minimum atomic E-state index is -1.01. The highest BCUT2D eigenvalue weighted by atomic mass is 79.9. The summed E-state index contributed by atoms with van der Waals surface area (Å²) in [6.45, 7) is 7.83. The number of ether oxygens (including phenoxy) is 1. The van der Waals surface area contributed by atoms with Gasteiger partial charge in [0.15, 0.2) is 10.6 Å². The number of esters is 1. The number of hydrogen-bond acceptors (Lipinski definition) is 4. The highest BCUT2D eigenvalue weighted by molar-refractivity contribution is 9.10. The Balaban J connectivity index is 2.42. The molecule has 0 aliphatic rings. The van der Waals surface area contributed by atoms with Crippen LogP contribution in [0, 0.1) is 5.41 Å². The summed E-state index contributed by atoms with van der Waals surface area (Å²) in [5.41, 5.74) is -0.105. The predicted octanol–water partition coefficient (Wildman–Crippen LogP) is 7.73. The topological polar surface area (TPSA) is 72.5 Å². The Morgan fingerprint density at radius 3 is 2.06 bits per heavy atom. The van der Waals surface area contributed by atoms with Crippen molar-refractivity contribution in [1.29, 1.82) is 0 Å². The van der Waals surface area contributed by atoms with Gasteiger partial charge in [0, 0.05) is 5.41 Å². The molecule has 0 aliphatic carbocycles. The maximum absolute atomic E-state index is 12.5. The Labute approximate surface area is 212 Å². The van der Waals surface area contributed by atoms with Crippen molar-refractivity contribution in [2.24, 2.45) is 5.41 Å². The smallest absolute Gasteiger partial charge is 0.338 e. The van der Waals surface area contributed by atoms with Gasteiger partial charge >= 0.3 is 5.97 Å². The summed E-state index contributed by atoms with van der Waals surface area (Å²) < 4.78 is 5.37. The predicted molar refractivity (Wildman–Crippen MR) is 139 cm³/mol. The molecule has 0 heterocycles. The van der Waals surface area contributed by atoms with Crippen LogP contribution in [0.15, 0.2) is 18.2 Å². The summed E-state index contributed by atoms with van der Waals surface area (Å²) in [6.07, 6.45) is 12.1. The van der Waals surface area contributed by atoms with Crippen LogP contribution in [0.1, 0.15) is 102 Å². The third-order valence-corrected chi connectivity index (χ3v) is 6.55. The Morgan fingerprint density at radius 2 is 1.52 bits per heavy atom. The van der Waals surface area contributed by atoms with Crippen molar-refractivity contribution in [2.75, 3.05) is 11.9 Å². The van der Waals surface area contributed by atoms with Crippen molar-refractivity contribution in [3.63, 3.8) is 0 Å². The van der Waals surface area contributed by atoms with Crippen molar-refractivity contribution >= 4 is 50.9 Å². The quantitative estimate of drug-likeness (QED) is 0.106. The molecule has 0 radical (unpaired) electrons. The van der Waals surface area contributed by atoms with E-state index in [0.29, 0.717) is 12.2 Å². The van der Waals surface area contributed by atoms with Gasteiger partial charge in [0.05, 0.1) is 22.9 Å². The number of unbranched alkanes of at least 4 members (excludes halogenated alkanes) is 9. The molecule has 1 atom stereocenters. The van der Waals surface area contributed by atoms with E-state index < -0.39 is 22.1 Å². The summed E-state index contributed by atoms with van der Waals surface area (Å²) in [7, 11) is 0. The second-order valence-corrected chi connectivity index (χ2v) is 10.8. The molecule has 0 saturated heterocycles. The van der Waals surface area contributed by atoms with E-state index in [4.69, 9.17) is 16.3 Å². The van der Waals surface area contributed by atoms with Gasteiger partial charge in [-0.1, -0.05) is 113 Å². The van der Waals surface area contributed by atoms with Gasteiger partial charge in [0.1, 0.15) is 0 Å². The number of Topliss-reactive ketones (excluding diaryl/α,β-unsaturated/α-hetero) is 1. The highest BCUT2D eigenvalue weighted by Crippen LogP contribution is 2.26. The first-order valence-corrected chi connectivity index (χ1v) is 13.3. The van der Waals surface area contributed by atoms with Crippen molar-refractivity contribution in [1.82, 2.24) is 0 Å². The second-order valence-electron chi connectivity index (χ2n) is 9.48. The van der Waals surface area contributed by atoms with E-state index in [2.05, 4.69) is 28.2 Å². The number of anilines is 1. The zero-order valence-electron chi connectivity index (χ0n) is 20.5. The summed E-state index contributed by atoms with van der Waals surface area (Å²) in [5.74, 6) is -1.24. The van der Waals surface area contributed by atoms with Crippen LogP contribution in [0.3, 0.4) is 0 Å². The van der Waals surface area contributed by atoms with E-state index in [-0.39, 0.29) is 16.5 Å². The molecule has 7 heteroatoms. The molecule has 1 N–H and O–H groups in total. The van der Waals surface area contributed by atoms with E-state index in [9.17, 15) is 14.4 Å². The van der Waals surface area contributed by atoms with Gasteiger partial charge in [-0.05, 0) is 24.6 Å². The Kier molecular flexibility index (Phi) is 13.9. The molecule has 0 aliphatic heterocycles. The average molecular weight is 545 g/mol. The second kappa shape index (κ2) is 15.5. The SMILES string of the molecule is CCCCCCCCCCCCOC(=O)c1ccc(Cl)c(NC(=O)C(Br)C(=O)C(C)(C)C)c1. The van der Waals surface area contributed by atoms with Gasteiger partial charge in [-0.15, -0.1) is 0 Å². The summed E-state index contributed by atoms with van der Waals surface area (Å²) in [6, 6.07) is 4.57. The van der Waals surface area contributed by atoms with Crippen molar-refractivity contribution < 1.29 is 19.1 Å². The number of benzene rings is 1. The number of rotatable bonds is 15. The normalized spacial score (nSPS) is 12.3. The van der Waals surface area contributed by atoms with Gasteiger partial charge in [-0.2, -0.15) is 0 Å². The fourth-order valence-electron chi connectivity index (χ4n) is 3.28. The van der Waals surface area contributed by atoms with E-state index in [0.717, 1.165) is 19.3 Å². The Morgan fingerprint density at radius 1 is 0.970 bits per heavy atom. The third-order valence-electron chi connectivity index (χ3n) is 5.39. The number of ketones is 1. The number of alkyl halides is 1. The number of nitrogens with one attached hydrogen (secondary N) is 1. The molecule has 1 rings (SSSR count). The molecule has 0 spiro atoms. The molecular weight excluding hydrogens is 506 g/mol. The number of carbonyl (C=O) groups excluding carboxylic acids is 3. The minimum Gasteiger partial charge on any atom is -0.462 e. The van der Waals surface area contributed by atoms with Gasteiger partial charge in [0.25, 0.3) is 0 Å². The van der Waals surface area contributed by atoms with Crippen LogP contribution in [-0.4, -0.2) is 29.1 Å². The van der Waals surface area contributed by atoms with Gasteiger partial charge in [0.2, 0.25) is 5.91 Å². The van der Waals surface area contributed by atoms with Crippen LogP contribution in [-0.2, 0) is 14.3 Å². The lowest BCUT2D eigenvalue weighted by molar-refractivity contribution is -0.129. The molecule has 5 nitrogen and oxygen atoms in total. The zero-order valence-corrected chi connectivity index (χ0v) is 22.8. The maximum Gasteiger partial charge on any atom is 0.338 e. The van der Waals surface area contributed by atoms with Crippen LogP contribution in [0.5, 0.6) is 0 Å². The molecule has 1 amide bonds. The van der Waals surface area contributed by atoms with Crippen molar-refractivity contribution in [2.45, 2.75) is 96.7 Å². The molecule has 1 unspecified atom stereocenters. The lowest BCUT2D eigenvalue weighted by Gasteiger charge is -2.20. The molecule has 1 aromatic rings. The molecular formula is C26H39BrClNO4. The minimum absolute atomic E-state index is 0.247. The highest BCUT2D eigenvalue weighted by Gasteiger charge is 2.33. The lowest BCUT2D eigenvalue weighted by Crippen LogP contribution is -2.37. The third kappa shape index (κ3) is 11.5. The standard InChI is InChI=1S/C26H39BrClNO4/c1-5-6-7-8-9-10-11-12-13-14-17-33-25(32)19-15-16-20(28)21(18-19)29-24(31)22(27)23(30)26(2,3)4/h15-16,18,22H,5-14,17H2,1-4H3,(H,29,31). The van der Waals surface area contributed by atoms with E-state index >= 15 is 0 Å². The first-order valence-electron chi connectivity index (χ1n) is 12.0. The molecule has 0 aromatic heterocycles. The van der Waals surface area contributed by atoms with E-state index in [1.54, 1.807) is 26.8 Å². The first kappa shape index (κ1) is 29.6.